The highest BCUT2D eigenvalue weighted by molar-refractivity contribution is 6.28. The van der Waals surface area contributed by atoms with Crippen molar-refractivity contribution in [3.63, 3.8) is 0 Å². The van der Waals surface area contributed by atoms with Crippen LogP contribution >= 0.6 is 11.6 Å². The number of alkyl halides is 1. The van der Waals surface area contributed by atoms with Crippen molar-refractivity contribution in [2.45, 2.75) is 6.92 Å². The molecule has 0 amide bonds. The molecule has 1 rings (SSSR count). The van der Waals surface area contributed by atoms with E-state index in [1.165, 1.54) is 6.07 Å². The summed E-state index contributed by atoms with van der Waals surface area (Å²) in [6, 6.07) is 4.53. The molecule has 13 heavy (non-hydrogen) atoms. The maximum absolute atomic E-state index is 12.8. The lowest BCUT2D eigenvalue weighted by atomic mass is 10.2. The third-order valence-electron chi connectivity index (χ3n) is 1.55. The van der Waals surface area contributed by atoms with Gasteiger partial charge in [0, 0.05) is 0 Å². The van der Waals surface area contributed by atoms with Crippen LogP contribution in [0.5, 0.6) is 0 Å². The topological polar surface area (TPSA) is 38.4 Å². The third kappa shape index (κ3) is 2.70. The fourth-order valence-electron chi connectivity index (χ4n) is 0.894. The van der Waals surface area contributed by atoms with Crippen LogP contribution in [-0.4, -0.2) is 11.7 Å². The molecule has 0 heterocycles. The highest BCUT2D eigenvalue weighted by atomic mass is 35.5. The summed E-state index contributed by atoms with van der Waals surface area (Å²) in [5, 5.41) is 0. The van der Waals surface area contributed by atoms with Crippen LogP contribution in [0.2, 0.25) is 0 Å². The smallest absolute Gasteiger partial charge is 0.126 e. The molecule has 0 bridgehead atoms. The first kappa shape index (κ1) is 9.99. The predicted molar refractivity (Wildman–Crippen MR) is 53.1 cm³/mol. The Labute approximate surface area is 81.2 Å². The fourth-order valence-corrected chi connectivity index (χ4v) is 0.954. The fraction of sp³-hybridized carbons (Fsp3) is 0.222. The SMILES string of the molecule is Cc1cc(N=C(N)CCl)ccc1F. The number of amidine groups is 1. The van der Waals surface area contributed by atoms with E-state index in [-0.39, 0.29) is 11.7 Å². The van der Waals surface area contributed by atoms with E-state index in [9.17, 15) is 4.39 Å². The second-order valence-electron chi connectivity index (χ2n) is 2.67. The minimum atomic E-state index is -0.247. The molecule has 2 N–H and O–H groups in total. The average Bonchev–Trinajstić information content (AvgIpc) is 2.11. The molecule has 0 atom stereocenters. The molecule has 4 heteroatoms. The number of aliphatic imine (C=N–C) groups is 1. The Hall–Kier alpha value is -1.09. The Morgan fingerprint density at radius 3 is 2.85 bits per heavy atom. The third-order valence-corrected chi connectivity index (χ3v) is 1.82. The van der Waals surface area contributed by atoms with Crippen LogP contribution in [0.25, 0.3) is 0 Å². The number of rotatable bonds is 2. The minimum Gasteiger partial charge on any atom is -0.386 e. The van der Waals surface area contributed by atoms with Crippen molar-refractivity contribution in [1.82, 2.24) is 0 Å². The summed E-state index contributed by atoms with van der Waals surface area (Å²) in [5.41, 5.74) is 6.58. The summed E-state index contributed by atoms with van der Waals surface area (Å²) in [4.78, 5) is 3.98. The number of hydrogen-bond acceptors (Lipinski definition) is 1. The molecule has 0 spiro atoms. The van der Waals surface area contributed by atoms with E-state index >= 15 is 0 Å². The molecule has 2 nitrogen and oxygen atoms in total. The lowest BCUT2D eigenvalue weighted by Gasteiger charge is -1.99. The molecule has 1 aromatic rings. The molecule has 0 aliphatic carbocycles. The molecule has 0 saturated heterocycles. The van der Waals surface area contributed by atoms with Gasteiger partial charge in [0.05, 0.1) is 11.6 Å². The molecular formula is C9H10ClFN2. The first-order valence-electron chi connectivity index (χ1n) is 3.78. The Morgan fingerprint density at radius 2 is 2.31 bits per heavy atom. The van der Waals surface area contributed by atoms with Crippen LogP contribution < -0.4 is 5.73 Å². The van der Waals surface area contributed by atoms with E-state index in [0.717, 1.165) is 0 Å². The summed E-state index contributed by atoms with van der Waals surface area (Å²) < 4.78 is 12.8. The van der Waals surface area contributed by atoms with E-state index in [4.69, 9.17) is 17.3 Å². The van der Waals surface area contributed by atoms with Crippen LogP contribution in [0.15, 0.2) is 23.2 Å². The van der Waals surface area contributed by atoms with Gasteiger partial charge in [-0.15, -0.1) is 11.6 Å². The predicted octanol–water partition coefficient (Wildman–Crippen LogP) is 2.36. The summed E-state index contributed by atoms with van der Waals surface area (Å²) in [5.74, 6) is 0.257. The second-order valence-corrected chi connectivity index (χ2v) is 2.94. The number of hydrogen-bond donors (Lipinski definition) is 1. The van der Waals surface area contributed by atoms with Gasteiger partial charge in [-0.1, -0.05) is 0 Å². The molecule has 0 aliphatic heterocycles. The van der Waals surface area contributed by atoms with Gasteiger partial charge in [0.2, 0.25) is 0 Å². The zero-order valence-corrected chi connectivity index (χ0v) is 7.98. The van der Waals surface area contributed by atoms with E-state index in [1.54, 1.807) is 19.1 Å². The van der Waals surface area contributed by atoms with Gasteiger partial charge in [0.25, 0.3) is 0 Å². The average molecular weight is 201 g/mol. The highest BCUT2D eigenvalue weighted by Gasteiger charge is 1.98. The molecule has 0 fully saturated rings. The van der Waals surface area contributed by atoms with Gasteiger partial charge in [-0.2, -0.15) is 0 Å². The van der Waals surface area contributed by atoms with Gasteiger partial charge in [0.15, 0.2) is 0 Å². The van der Waals surface area contributed by atoms with Crippen molar-refractivity contribution in [1.29, 1.82) is 0 Å². The van der Waals surface area contributed by atoms with E-state index in [0.29, 0.717) is 17.1 Å². The second kappa shape index (κ2) is 4.23. The van der Waals surface area contributed by atoms with Crippen LogP contribution in [0.1, 0.15) is 5.56 Å². The Morgan fingerprint density at radius 1 is 1.62 bits per heavy atom. The van der Waals surface area contributed by atoms with Gasteiger partial charge < -0.3 is 5.73 Å². The molecular weight excluding hydrogens is 191 g/mol. The van der Waals surface area contributed by atoms with Crippen molar-refractivity contribution in [2.75, 3.05) is 5.88 Å². The van der Waals surface area contributed by atoms with Crippen molar-refractivity contribution >= 4 is 23.1 Å². The van der Waals surface area contributed by atoms with Crippen LogP contribution in [-0.2, 0) is 0 Å². The number of nitrogens with zero attached hydrogens (tertiary/aromatic N) is 1. The Balaban J connectivity index is 2.98. The summed E-state index contributed by atoms with van der Waals surface area (Å²) >= 11 is 5.44. The Kier molecular flexibility index (Phi) is 3.25. The summed E-state index contributed by atoms with van der Waals surface area (Å²) in [6.45, 7) is 1.67. The molecule has 70 valence electrons. The first-order valence-corrected chi connectivity index (χ1v) is 4.32. The van der Waals surface area contributed by atoms with Crippen LogP contribution in [0.4, 0.5) is 10.1 Å². The van der Waals surface area contributed by atoms with E-state index < -0.39 is 0 Å². The standard InChI is InChI=1S/C9H10ClFN2/c1-6-4-7(2-3-8(6)11)13-9(12)5-10/h2-4H,5H2,1H3,(H2,12,13). The van der Waals surface area contributed by atoms with Crippen molar-refractivity contribution in [3.8, 4) is 0 Å². The minimum absolute atomic E-state index is 0.177. The van der Waals surface area contributed by atoms with Crippen LogP contribution in [0.3, 0.4) is 0 Å². The molecule has 1 aromatic carbocycles. The quantitative estimate of drug-likeness (QED) is 0.444. The largest absolute Gasteiger partial charge is 0.386 e. The maximum atomic E-state index is 12.8. The summed E-state index contributed by atoms with van der Waals surface area (Å²) in [6.07, 6.45) is 0. The van der Waals surface area contributed by atoms with Gasteiger partial charge >= 0.3 is 0 Å². The maximum Gasteiger partial charge on any atom is 0.126 e. The van der Waals surface area contributed by atoms with Gasteiger partial charge in [-0.05, 0) is 30.7 Å². The molecule has 0 saturated carbocycles. The number of aryl methyl sites for hydroxylation is 1. The number of benzene rings is 1. The lowest BCUT2D eigenvalue weighted by molar-refractivity contribution is 0.618. The zero-order valence-electron chi connectivity index (χ0n) is 7.22. The van der Waals surface area contributed by atoms with Crippen molar-refractivity contribution < 1.29 is 4.39 Å². The summed E-state index contributed by atoms with van der Waals surface area (Å²) in [7, 11) is 0. The van der Waals surface area contributed by atoms with Crippen LogP contribution in [0, 0.1) is 12.7 Å². The van der Waals surface area contributed by atoms with Crippen molar-refractivity contribution in [2.24, 2.45) is 10.7 Å². The molecule has 0 aliphatic rings. The zero-order chi connectivity index (χ0) is 9.84. The lowest BCUT2D eigenvalue weighted by Crippen LogP contribution is -2.12. The van der Waals surface area contributed by atoms with Gasteiger partial charge in [-0.25, -0.2) is 9.38 Å². The van der Waals surface area contributed by atoms with Gasteiger partial charge in [0.1, 0.15) is 11.7 Å². The number of halogens is 2. The van der Waals surface area contributed by atoms with E-state index in [1.807, 2.05) is 0 Å². The van der Waals surface area contributed by atoms with Gasteiger partial charge in [-0.3, -0.25) is 0 Å². The Bertz CT molecular complexity index is 336. The molecule has 0 radical (unpaired) electrons. The monoisotopic (exact) mass is 200 g/mol. The first-order chi connectivity index (χ1) is 6.13. The number of nitrogens with two attached hydrogens (primary N) is 1. The normalized spacial score (nSPS) is 11.8. The van der Waals surface area contributed by atoms with E-state index in [2.05, 4.69) is 4.99 Å². The molecule has 0 unspecified atom stereocenters. The van der Waals surface area contributed by atoms with Crippen molar-refractivity contribution in [3.05, 3.63) is 29.6 Å². The molecule has 0 aromatic heterocycles. The highest BCUT2D eigenvalue weighted by Crippen LogP contribution is 2.16.